The number of benzene rings is 1. The third-order valence-electron chi connectivity index (χ3n) is 8.88. The maximum absolute atomic E-state index is 14.1. The van der Waals surface area contributed by atoms with E-state index >= 15 is 0 Å². The molecule has 7 heteroatoms. The molecular weight excluding hydrogens is 454 g/mol. The molecule has 2 heterocycles. The van der Waals surface area contributed by atoms with E-state index in [0.717, 1.165) is 62.9 Å². The van der Waals surface area contributed by atoms with Crippen molar-refractivity contribution in [3.8, 4) is 0 Å². The lowest BCUT2D eigenvalue weighted by molar-refractivity contribution is -0.142. The Kier molecular flexibility index (Phi) is 7.79. The molecule has 1 amide bonds. The van der Waals surface area contributed by atoms with E-state index in [1.165, 1.54) is 19.3 Å². The van der Waals surface area contributed by atoms with E-state index < -0.39 is 0 Å². The largest absolute Gasteiger partial charge is 0.393 e. The maximum atomic E-state index is 14.1. The van der Waals surface area contributed by atoms with Gasteiger partial charge in [-0.25, -0.2) is 0 Å². The summed E-state index contributed by atoms with van der Waals surface area (Å²) in [4.78, 5) is 32.0. The Bertz CT molecular complexity index is 1110. The van der Waals surface area contributed by atoms with Crippen LogP contribution in [0.2, 0.25) is 0 Å². The van der Waals surface area contributed by atoms with Crippen LogP contribution >= 0.6 is 0 Å². The summed E-state index contributed by atoms with van der Waals surface area (Å²) in [5, 5.41) is 11.1. The van der Waals surface area contributed by atoms with E-state index in [4.69, 9.17) is 4.74 Å². The molecule has 5 rings (SSSR count). The average Bonchev–Trinajstić information content (AvgIpc) is 2.92. The highest BCUT2D eigenvalue weighted by atomic mass is 16.5. The van der Waals surface area contributed by atoms with E-state index in [2.05, 4.69) is 4.90 Å². The fourth-order valence-electron chi connectivity index (χ4n) is 6.78. The lowest BCUT2D eigenvalue weighted by Gasteiger charge is -2.50. The normalized spacial score (nSPS) is 25.1. The number of para-hydroxylation sites is 1. The van der Waals surface area contributed by atoms with Gasteiger partial charge >= 0.3 is 0 Å². The van der Waals surface area contributed by atoms with Crippen molar-refractivity contribution < 1.29 is 14.6 Å². The second kappa shape index (κ2) is 11.0. The molecule has 0 unspecified atom stereocenters. The Labute approximate surface area is 214 Å². The second-order valence-electron chi connectivity index (χ2n) is 11.2. The van der Waals surface area contributed by atoms with Crippen LogP contribution in [0.4, 0.5) is 0 Å². The Morgan fingerprint density at radius 2 is 1.78 bits per heavy atom. The van der Waals surface area contributed by atoms with Crippen molar-refractivity contribution >= 4 is 16.8 Å². The Morgan fingerprint density at radius 3 is 2.50 bits per heavy atom. The number of rotatable bonds is 6. The molecular formula is C29H41N3O4. The van der Waals surface area contributed by atoms with E-state index in [0.29, 0.717) is 31.5 Å². The predicted molar refractivity (Wildman–Crippen MR) is 141 cm³/mol. The first-order valence-corrected chi connectivity index (χ1v) is 13.8. The summed E-state index contributed by atoms with van der Waals surface area (Å²) in [6, 6.07) is 9.91. The number of hydrogen-bond acceptors (Lipinski definition) is 5. The summed E-state index contributed by atoms with van der Waals surface area (Å²) < 4.78 is 7.38. The van der Waals surface area contributed by atoms with Gasteiger partial charge in [-0.2, -0.15) is 0 Å². The third kappa shape index (κ3) is 5.24. The molecule has 196 valence electrons. The first-order valence-electron chi connectivity index (χ1n) is 13.8. The summed E-state index contributed by atoms with van der Waals surface area (Å²) in [6.07, 6.45) is 8.24. The number of carbonyl (C=O) groups is 1. The molecule has 3 fully saturated rings. The quantitative estimate of drug-likeness (QED) is 0.665. The number of amides is 1. The number of ether oxygens (including phenoxy) is 1. The number of fused-ring (bicyclic) bond motifs is 1. The Hall–Kier alpha value is -2.22. The van der Waals surface area contributed by atoms with E-state index in [9.17, 15) is 14.7 Å². The summed E-state index contributed by atoms with van der Waals surface area (Å²) in [5.74, 6) is 0.0679. The SMILES string of the molecule is Cn1c(=O)c(CN(CC2(N3CCOCC3)CCCCC2)C(=O)C2CCC(O)CC2)cc2ccccc21. The number of carbonyl (C=O) groups excluding carboxylic acids is 1. The molecule has 2 aliphatic carbocycles. The number of aliphatic hydroxyl groups is 1. The standard InChI is InChI=1S/C29H41N3O4/c1-30-26-8-4-3-7-23(26)19-24(27(30)34)20-31(28(35)22-9-11-25(33)12-10-22)21-29(13-5-2-6-14-29)32-15-17-36-18-16-32/h3-4,7-8,19,22,25,33H,2,5-6,9-18,20-21H2,1H3. The summed E-state index contributed by atoms with van der Waals surface area (Å²) in [5.41, 5.74) is 1.49. The van der Waals surface area contributed by atoms with Crippen molar-refractivity contribution in [2.24, 2.45) is 13.0 Å². The van der Waals surface area contributed by atoms with Crippen molar-refractivity contribution in [2.75, 3.05) is 32.8 Å². The monoisotopic (exact) mass is 495 g/mol. The van der Waals surface area contributed by atoms with Crippen LogP contribution in [0, 0.1) is 5.92 Å². The van der Waals surface area contributed by atoms with Crippen molar-refractivity contribution in [1.29, 1.82) is 0 Å². The van der Waals surface area contributed by atoms with Crippen LogP contribution in [-0.4, -0.2) is 69.9 Å². The molecule has 1 aromatic carbocycles. The van der Waals surface area contributed by atoms with Gasteiger partial charge in [0.25, 0.3) is 5.56 Å². The summed E-state index contributed by atoms with van der Waals surface area (Å²) in [7, 11) is 1.82. The average molecular weight is 496 g/mol. The highest BCUT2D eigenvalue weighted by Gasteiger charge is 2.42. The highest BCUT2D eigenvalue weighted by molar-refractivity contribution is 5.81. The summed E-state index contributed by atoms with van der Waals surface area (Å²) >= 11 is 0. The second-order valence-corrected chi connectivity index (χ2v) is 11.2. The minimum absolute atomic E-state index is 0.0327. The molecule has 1 N–H and O–H groups in total. The lowest BCUT2D eigenvalue weighted by Crippen LogP contribution is -2.60. The molecule has 2 saturated carbocycles. The van der Waals surface area contributed by atoms with Gasteiger partial charge < -0.3 is 19.3 Å². The van der Waals surface area contributed by atoms with Crippen LogP contribution in [0.5, 0.6) is 0 Å². The van der Waals surface area contributed by atoms with Gasteiger partial charge in [-0.15, -0.1) is 0 Å². The van der Waals surface area contributed by atoms with Gasteiger partial charge in [-0.1, -0.05) is 37.5 Å². The van der Waals surface area contributed by atoms with Gasteiger partial charge in [0.05, 0.1) is 31.4 Å². The van der Waals surface area contributed by atoms with Crippen molar-refractivity contribution in [3.63, 3.8) is 0 Å². The number of aromatic nitrogens is 1. The number of pyridine rings is 1. The van der Waals surface area contributed by atoms with Crippen LogP contribution in [0.25, 0.3) is 10.9 Å². The fraction of sp³-hybridized carbons (Fsp3) is 0.655. The molecule has 1 saturated heterocycles. The molecule has 7 nitrogen and oxygen atoms in total. The van der Waals surface area contributed by atoms with Crippen molar-refractivity contribution in [1.82, 2.24) is 14.4 Å². The maximum Gasteiger partial charge on any atom is 0.255 e. The zero-order valence-electron chi connectivity index (χ0n) is 21.7. The van der Waals surface area contributed by atoms with Crippen LogP contribution in [-0.2, 0) is 23.1 Å². The molecule has 2 aromatic rings. The lowest BCUT2D eigenvalue weighted by atomic mass is 9.78. The Balaban J connectivity index is 1.49. The minimum atomic E-state index is -0.298. The van der Waals surface area contributed by atoms with Gasteiger partial charge in [0.15, 0.2) is 0 Å². The van der Waals surface area contributed by atoms with Crippen LogP contribution in [0.3, 0.4) is 0 Å². The topological polar surface area (TPSA) is 75.0 Å². The van der Waals surface area contributed by atoms with Crippen molar-refractivity contribution in [2.45, 2.75) is 76.0 Å². The molecule has 0 atom stereocenters. The zero-order chi connectivity index (χ0) is 25.1. The van der Waals surface area contributed by atoms with E-state index in [1.54, 1.807) is 4.57 Å². The first kappa shape index (κ1) is 25.4. The predicted octanol–water partition coefficient (Wildman–Crippen LogP) is 3.45. The van der Waals surface area contributed by atoms with E-state index in [1.807, 2.05) is 42.3 Å². The molecule has 0 bridgehead atoms. The van der Waals surface area contributed by atoms with Crippen LogP contribution in [0.1, 0.15) is 63.4 Å². The van der Waals surface area contributed by atoms with Crippen molar-refractivity contribution in [3.05, 3.63) is 46.2 Å². The summed E-state index contributed by atoms with van der Waals surface area (Å²) in [6.45, 7) is 4.26. The zero-order valence-corrected chi connectivity index (χ0v) is 21.7. The fourth-order valence-corrected chi connectivity index (χ4v) is 6.78. The molecule has 0 spiro atoms. The number of hydrogen-bond donors (Lipinski definition) is 1. The molecule has 1 aliphatic heterocycles. The molecule has 36 heavy (non-hydrogen) atoms. The molecule has 3 aliphatic rings. The van der Waals surface area contributed by atoms with E-state index in [-0.39, 0.29) is 29.0 Å². The van der Waals surface area contributed by atoms with Gasteiger partial charge in [0, 0.05) is 43.7 Å². The van der Waals surface area contributed by atoms with Gasteiger partial charge in [-0.05, 0) is 56.0 Å². The number of nitrogens with zero attached hydrogens (tertiary/aromatic N) is 3. The molecule has 1 aromatic heterocycles. The van der Waals surface area contributed by atoms with Gasteiger partial charge in [0.1, 0.15) is 0 Å². The number of morpholine rings is 1. The van der Waals surface area contributed by atoms with Crippen LogP contribution in [0.15, 0.2) is 35.1 Å². The van der Waals surface area contributed by atoms with Gasteiger partial charge in [-0.3, -0.25) is 14.5 Å². The number of aliphatic hydroxyl groups excluding tert-OH is 1. The van der Waals surface area contributed by atoms with Gasteiger partial charge in [0.2, 0.25) is 5.91 Å². The first-order chi connectivity index (χ1) is 17.5. The number of aryl methyl sites for hydroxylation is 1. The third-order valence-corrected chi connectivity index (χ3v) is 8.88. The molecule has 0 radical (unpaired) electrons. The minimum Gasteiger partial charge on any atom is -0.393 e. The van der Waals surface area contributed by atoms with Crippen LogP contribution < -0.4 is 5.56 Å². The Morgan fingerprint density at radius 1 is 1.08 bits per heavy atom. The highest BCUT2D eigenvalue weighted by Crippen LogP contribution is 2.36. The smallest absolute Gasteiger partial charge is 0.255 e.